The van der Waals surface area contributed by atoms with Gasteiger partial charge in [-0.25, -0.2) is 0 Å². The van der Waals surface area contributed by atoms with Gasteiger partial charge in [0.05, 0.1) is 53.1 Å². The van der Waals surface area contributed by atoms with E-state index >= 15 is 0 Å². The molecular weight excluding hydrogens is 528 g/mol. The van der Waals surface area contributed by atoms with Crippen molar-refractivity contribution in [3.05, 3.63) is 0 Å². The normalized spacial score (nSPS) is 15.1. The average Bonchev–Trinajstić information content (AvgIpc) is 2.82. The van der Waals surface area contributed by atoms with Crippen molar-refractivity contribution in [2.24, 2.45) is 34.5 Å². The van der Waals surface area contributed by atoms with Crippen LogP contribution in [-0.2, 0) is 38.1 Å². The third-order valence-electron chi connectivity index (χ3n) is 6.08. The topological polar surface area (TPSA) is 105 Å². The van der Waals surface area contributed by atoms with E-state index in [1.807, 2.05) is 0 Å². The molecule has 0 aliphatic rings. The van der Waals surface area contributed by atoms with E-state index < -0.39 is 35.7 Å². The number of carbonyl (C=O) groups excluding carboxylic acids is 4. The number of esters is 4. The molecule has 10 heteroatoms. The fraction of sp³-hybridized carbons (Fsp3) is 0.857. The summed E-state index contributed by atoms with van der Waals surface area (Å²) < 4.78 is 19.5. The molecule has 0 aromatic heterocycles. The molecule has 8 nitrogen and oxygen atoms in total. The maximum atomic E-state index is 12.4. The minimum Gasteiger partial charge on any atom is -0.469 e. The molecule has 38 heavy (non-hydrogen) atoms. The number of methoxy groups -OCH3 is 4. The first-order valence-electron chi connectivity index (χ1n) is 13.1. The van der Waals surface area contributed by atoms with Crippen molar-refractivity contribution >= 4 is 45.5 Å². The minimum absolute atomic E-state index is 0.00436. The largest absolute Gasteiger partial charge is 0.469 e. The van der Waals surface area contributed by atoms with E-state index in [0.29, 0.717) is 12.8 Å². The van der Waals surface area contributed by atoms with Gasteiger partial charge in [-0.15, -0.1) is 0 Å². The fourth-order valence-corrected chi connectivity index (χ4v) is 7.49. The first kappa shape index (κ1) is 36.6. The van der Waals surface area contributed by atoms with E-state index in [2.05, 4.69) is 41.5 Å². The summed E-state index contributed by atoms with van der Waals surface area (Å²) >= 11 is 0. The van der Waals surface area contributed by atoms with Crippen LogP contribution in [0, 0.1) is 34.5 Å². The molecule has 4 unspecified atom stereocenters. The molecule has 0 aliphatic heterocycles. The van der Waals surface area contributed by atoms with Crippen molar-refractivity contribution in [2.75, 3.05) is 39.9 Å². The third-order valence-corrected chi connectivity index (χ3v) is 8.78. The lowest BCUT2D eigenvalue weighted by molar-refractivity contribution is -0.152. The molecule has 0 aromatic rings. The van der Waals surface area contributed by atoms with Crippen LogP contribution in [-0.4, -0.2) is 63.8 Å². The molecule has 222 valence electrons. The number of rotatable bonds is 17. The zero-order valence-electron chi connectivity index (χ0n) is 25.0. The second-order valence-corrected chi connectivity index (χ2v) is 14.9. The van der Waals surface area contributed by atoms with Crippen LogP contribution in [0.3, 0.4) is 0 Å². The summed E-state index contributed by atoms with van der Waals surface area (Å²) in [5.74, 6) is -0.704. The molecule has 0 amide bonds. The first-order chi connectivity index (χ1) is 17.5. The Morgan fingerprint density at radius 3 is 1.13 bits per heavy atom. The van der Waals surface area contributed by atoms with Crippen molar-refractivity contribution in [1.29, 1.82) is 0 Å². The van der Waals surface area contributed by atoms with Gasteiger partial charge in [-0.1, -0.05) is 63.1 Å². The molecule has 4 atom stereocenters. The maximum absolute atomic E-state index is 12.4. The maximum Gasteiger partial charge on any atom is 0.309 e. The summed E-state index contributed by atoms with van der Waals surface area (Å²) in [6.07, 6.45) is 2.88. The molecule has 0 fully saturated rings. The van der Waals surface area contributed by atoms with Crippen LogP contribution in [0.15, 0.2) is 0 Å². The van der Waals surface area contributed by atoms with E-state index in [1.165, 1.54) is 28.4 Å². The van der Waals surface area contributed by atoms with Crippen LogP contribution in [0.1, 0.15) is 80.1 Å². The van der Waals surface area contributed by atoms with Crippen LogP contribution >= 0.6 is 21.6 Å². The Bertz CT molecular complexity index is 680. The lowest BCUT2D eigenvalue weighted by Gasteiger charge is -2.29. The van der Waals surface area contributed by atoms with Crippen LogP contribution < -0.4 is 0 Å². The summed E-state index contributed by atoms with van der Waals surface area (Å²) in [6, 6.07) is 0. The lowest BCUT2D eigenvalue weighted by atomic mass is 9.81. The SMILES string of the molecule is COC(=O)CC(CC(CSSCC(CC(CC(=O)OC)C(=O)OC)CC(C)(C)C)CC(C)(C)C)C(=O)OC. The van der Waals surface area contributed by atoms with Gasteiger partial charge in [-0.2, -0.15) is 0 Å². The zero-order valence-corrected chi connectivity index (χ0v) is 26.7. The van der Waals surface area contributed by atoms with Crippen molar-refractivity contribution in [1.82, 2.24) is 0 Å². The predicted octanol–water partition coefficient (Wildman–Crippen LogP) is 5.96. The molecule has 0 saturated heterocycles. The number of hydrogen-bond donors (Lipinski definition) is 0. The van der Waals surface area contributed by atoms with Gasteiger partial charge in [0.25, 0.3) is 0 Å². The van der Waals surface area contributed by atoms with Crippen LogP contribution in [0.2, 0.25) is 0 Å². The zero-order chi connectivity index (χ0) is 29.5. The summed E-state index contributed by atoms with van der Waals surface area (Å²) in [4.78, 5) is 48.6. The Morgan fingerprint density at radius 1 is 0.579 bits per heavy atom. The molecule has 0 heterocycles. The lowest BCUT2D eigenvalue weighted by Crippen LogP contribution is -2.26. The highest BCUT2D eigenvalue weighted by Gasteiger charge is 2.31. The van der Waals surface area contributed by atoms with Gasteiger partial charge in [0.15, 0.2) is 0 Å². The Kier molecular flexibility index (Phi) is 17.4. The van der Waals surface area contributed by atoms with Gasteiger partial charge in [0.1, 0.15) is 0 Å². The Balaban J connectivity index is 5.40. The molecule has 0 rings (SSSR count). The molecule has 0 N–H and O–H groups in total. The van der Waals surface area contributed by atoms with E-state index in [4.69, 9.17) is 18.9 Å². The molecule has 0 bridgehead atoms. The summed E-state index contributed by atoms with van der Waals surface area (Å²) in [7, 11) is 8.80. The molecular formula is C28H50O8S2. The van der Waals surface area contributed by atoms with Gasteiger partial charge >= 0.3 is 23.9 Å². The van der Waals surface area contributed by atoms with E-state index in [1.54, 1.807) is 21.6 Å². The van der Waals surface area contributed by atoms with Gasteiger partial charge in [0, 0.05) is 11.5 Å². The monoisotopic (exact) mass is 578 g/mol. The van der Waals surface area contributed by atoms with Gasteiger partial charge in [-0.05, 0) is 48.3 Å². The number of hydrogen-bond acceptors (Lipinski definition) is 10. The standard InChI is InChI=1S/C28H50O8S2/c1-27(2,3)15-19(11-21(25(31)35-9)13-23(29)33-7)17-37-38-18-20(16-28(4,5)6)12-22(26(32)36-10)14-24(30)34-8/h19-22H,11-18H2,1-10H3. The quantitative estimate of drug-likeness (QED) is 0.0888. The van der Waals surface area contributed by atoms with E-state index in [-0.39, 0.29) is 35.5 Å². The molecule has 0 spiro atoms. The van der Waals surface area contributed by atoms with Gasteiger partial charge < -0.3 is 18.9 Å². The Labute approximate surface area is 237 Å². The average molecular weight is 579 g/mol. The van der Waals surface area contributed by atoms with Crippen molar-refractivity contribution < 1.29 is 38.1 Å². The van der Waals surface area contributed by atoms with Crippen LogP contribution in [0.5, 0.6) is 0 Å². The minimum atomic E-state index is -0.543. The smallest absolute Gasteiger partial charge is 0.309 e. The Morgan fingerprint density at radius 2 is 0.895 bits per heavy atom. The molecule has 0 saturated carbocycles. The summed E-state index contributed by atoms with van der Waals surface area (Å²) in [6.45, 7) is 13.0. The van der Waals surface area contributed by atoms with Crippen LogP contribution in [0.25, 0.3) is 0 Å². The second kappa shape index (κ2) is 18.0. The third kappa shape index (κ3) is 17.2. The summed E-state index contributed by atoms with van der Waals surface area (Å²) in [5, 5.41) is 0. The highest BCUT2D eigenvalue weighted by atomic mass is 33.1. The van der Waals surface area contributed by atoms with Gasteiger partial charge in [-0.3, -0.25) is 19.2 Å². The first-order valence-corrected chi connectivity index (χ1v) is 15.6. The molecule has 0 aromatic carbocycles. The predicted molar refractivity (Wildman–Crippen MR) is 154 cm³/mol. The van der Waals surface area contributed by atoms with E-state index in [0.717, 1.165) is 24.3 Å². The molecule has 0 radical (unpaired) electrons. The van der Waals surface area contributed by atoms with Crippen molar-refractivity contribution in [2.45, 2.75) is 80.1 Å². The van der Waals surface area contributed by atoms with Crippen LogP contribution in [0.4, 0.5) is 0 Å². The highest BCUT2D eigenvalue weighted by molar-refractivity contribution is 8.76. The van der Waals surface area contributed by atoms with Crippen molar-refractivity contribution in [3.63, 3.8) is 0 Å². The number of carbonyl (C=O) groups is 4. The van der Waals surface area contributed by atoms with Gasteiger partial charge in [0.2, 0.25) is 0 Å². The van der Waals surface area contributed by atoms with Crippen molar-refractivity contribution in [3.8, 4) is 0 Å². The molecule has 0 aliphatic carbocycles. The second-order valence-electron chi connectivity index (χ2n) is 12.3. The fourth-order valence-electron chi connectivity index (χ4n) is 4.67. The van der Waals surface area contributed by atoms with E-state index in [9.17, 15) is 19.2 Å². The summed E-state index contributed by atoms with van der Waals surface area (Å²) in [5.41, 5.74) is 0.108. The highest BCUT2D eigenvalue weighted by Crippen LogP contribution is 2.38. The number of ether oxygens (including phenoxy) is 4. The Hall–Kier alpha value is -1.42.